The number of carboxylic acid groups (broad SMARTS) is 1. The first-order valence-electron chi connectivity index (χ1n) is 9.28. The minimum Gasteiger partial charge on any atom is -0.478 e. The Hall–Kier alpha value is -3.52. The van der Waals surface area contributed by atoms with E-state index in [9.17, 15) is 14.7 Å². The molecule has 1 aliphatic rings. The highest BCUT2D eigenvalue weighted by atomic mass is 16.4. The Morgan fingerprint density at radius 2 is 1.97 bits per heavy atom. The van der Waals surface area contributed by atoms with Crippen LogP contribution in [0, 0.1) is 0 Å². The molecule has 0 spiro atoms. The molecule has 1 aliphatic heterocycles. The number of rotatable bonds is 6. The number of aliphatic hydroxyl groups excluding tert-OH is 1. The van der Waals surface area contributed by atoms with Gasteiger partial charge in [-0.1, -0.05) is 18.2 Å². The van der Waals surface area contributed by atoms with Crippen molar-refractivity contribution in [1.82, 2.24) is 20.1 Å². The van der Waals surface area contributed by atoms with Crippen LogP contribution >= 0.6 is 0 Å². The number of pyridine rings is 1. The summed E-state index contributed by atoms with van der Waals surface area (Å²) in [6.45, 7) is 0.729. The molecule has 1 unspecified atom stereocenters. The zero-order chi connectivity index (χ0) is 20.4. The number of fused-ring (bicyclic) bond motifs is 1. The molecule has 3 N–H and O–H groups in total. The molecule has 3 heterocycles. The van der Waals surface area contributed by atoms with Gasteiger partial charge in [0.05, 0.1) is 36.0 Å². The summed E-state index contributed by atoms with van der Waals surface area (Å²) in [7, 11) is 0. The lowest BCUT2D eigenvalue weighted by Gasteiger charge is -2.23. The van der Waals surface area contributed by atoms with E-state index in [0.29, 0.717) is 25.2 Å². The fourth-order valence-corrected chi connectivity index (χ4v) is 3.67. The van der Waals surface area contributed by atoms with Gasteiger partial charge in [-0.2, -0.15) is 5.10 Å². The van der Waals surface area contributed by atoms with Crippen molar-refractivity contribution in [3.05, 3.63) is 71.2 Å². The number of carbonyl (C=O) groups is 2. The van der Waals surface area contributed by atoms with Crippen LogP contribution in [0.1, 0.15) is 39.5 Å². The Morgan fingerprint density at radius 3 is 2.62 bits per heavy atom. The van der Waals surface area contributed by atoms with Crippen LogP contribution in [0.15, 0.2) is 48.8 Å². The summed E-state index contributed by atoms with van der Waals surface area (Å²) in [5.41, 5.74) is 4.29. The van der Waals surface area contributed by atoms with Crippen molar-refractivity contribution in [2.45, 2.75) is 25.4 Å². The maximum Gasteiger partial charge on any atom is 0.335 e. The van der Waals surface area contributed by atoms with E-state index in [1.807, 2.05) is 6.07 Å². The zero-order valence-electron chi connectivity index (χ0n) is 15.6. The number of amides is 1. The number of hydrogen-bond acceptors (Lipinski definition) is 5. The number of H-pyrrole nitrogens is 1. The van der Waals surface area contributed by atoms with E-state index >= 15 is 0 Å². The van der Waals surface area contributed by atoms with E-state index in [4.69, 9.17) is 5.11 Å². The molecule has 0 aliphatic carbocycles. The topological polar surface area (TPSA) is 119 Å². The second kappa shape index (κ2) is 7.84. The molecular weight excluding hydrogens is 372 g/mol. The molecule has 2 aromatic heterocycles. The van der Waals surface area contributed by atoms with Gasteiger partial charge >= 0.3 is 5.97 Å². The average Bonchev–Trinajstić information content (AvgIpc) is 3.33. The Bertz CT molecular complexity index is 1030. The first-order valence-corrected chi connectivity index (χ1v) is 9.28. The quantitative estimate of drug-likeness (QED) is 0.591. The number of nitrogens with one attached hydrogen (secondary N) is 1. The molecule has 1 aromatic carbocycles. The summed E-state index contributed by atoms with van der Waals surface area (Å²) in [4.78, 5) is 30.0. The average molecular weight is 392 g/mol. The summed E-state index contributed by atoms with van der Waals surface area (Å²) >= 11 is 0. The zero-order valence-corrected chi connectivity index (χ0v) is 15.6. The SMILES string of the molecule is O=C(O)c1ccc(-c2n[nH]c3c2CN(C(=O)C(CCO)c2cccnc2)C3)cc1. The molecular formula is C21H20N4O4. The van der Waals surface area contributed by atoms with Gasteiger partial charge in [0.15, 0.2) is 0 Å². The van der Waals surface area contributed by atoms with Gasteiger partial charge in [-0.05, 0) is 30.2 Å². The molecule has 0 saturated heterocycles. The third-order valence-electron chi connectivity index (χ3n) is 5.17. The summed E-state index contributed by atoms with van der Waals surface area (Å²) in [5.74, 6) is -1.50. The summed E-state index contributed by atoms with van der Waals surface area (Å²) in [6.07, 6.45) is 3.64. The molecule has 4 rings (SSSR count). The van der Waals surface area contributed by atoms with Crippen molar-refractivity contribution < 1.29 is 19.8 Å². The third kappa shape index (κ3) is 3.62. The second-order valence-corrected chi connectivity index (χ2v) is 6.96. The smallest absolute Gasteiger partial charge is 0.335 e. The van der Waals surface area contributed by atoms with E-state index in [1.54, 1.807) is 35.5 Å². The van der Waals surface area contributed by atoms with Crippen molar-refractivity contribution >= 4 is 11.9 Å². The van der Waals surface area contributed by atoms with Crippen LogP contribution in [-0.2, 0) is 17.9 Å². The summed E-state index contributed by atoms with van der Waals surface area (Å²) in [6, 6.07) is 10.1. The van der Waals surface area contributed by atoms with Crippen LogP contribution in [0.5, 0.6) is 0 Å². The van der Waals surface area contributed by atoms with Gasteiger partial charge in [0.2, 0.25) is 5.91 Å². The van der Waals surface area contributed by atoms with Gasteiger partial charge in [-0.15, -0.1) is 0 Å². The molecule has 29 heavy (non-hydrogen) atoms. The van der Waals surface area contributed by atoms with Gasteiger partial charge in [0.1, 0.15) is 0 Å². The number of aliphatic hydroxyl groups is 1. The number of carbonyl (C=O) groups excluding carboxylic acids is 1. The van der Waals surface area contributed by atoms with Crippen LogP contribution in [0.25, 0.3) is 11.3 Å². The predicted octanol–water partition coefficient (Wildman–Crippen LogP) is 2.18. The second-order valence-electron chi connectivity index (χ2n) is 6.96. The molecule has 1 amide bonds. The highest BCUT2D eigenvalue weighted by Gasteiger charge is 2.33. The van der Waals surface area contributed by atoms with E-state index in [1.165, 1.54) is 12.1 Å². The van der Waals surface area contributed by atoms with Crippen molar-refractivity contribution in [3.63, 3.8) is 0 Å². The highest BCUT2D eigenvalue weighted by Crippen LogP contribution is 2.33. The van der Waals surface area contributed by atoms with E-state index in [2.05, 4.69) is 15.2 Å². The maximum atomic E-state index is 13.2. The molecule has 8 nitrogen and oxygen atoms in total. The summed E-state index contributed by atoms with van der Waals surface area (Å²) in [5, 5.41) is 25.8. The first kappa shape index (κ1) is 18.8. The van der Waals surface area contributed by atoms with Crippen molar-refractivity contribution in [2.24, 2.45) is 0 Å². The Kier molecular flexibility index (Phi) is 5.09. The van der Waals surface area contributed by atoms with Gasteiger partial charge in [-0.25, -0.2) is 4.79 Å². The maximum absolute atomic E-state index is 13.2. The molecule has 3 aromatic rings. The van der Waals surface area contributed by atoms with Crippen molar-refractivity contribution in [1.29, 1.82) is 0 Å². The van der Waals surface area contributed by atoms with Gasteiger partial charge in [0, 0.05) is 30.1 Å². The number of aromatic nitrogens is 3. The monoisotopic (exact) mass is 392 g/mol. The minimum absolute atomic E-state index is 0.0659. The highest BCUT2D eigenvalue weighted by molar-refractivity contribution is 5.88. The number of aromatic carboxylic acids is 1. The normalized spacial score (nSPS) is 13.9. The Labute approximate surface area is 166 Å². The standard InChI is InChI=1S/C21H20N4O4/c26-9-7-16(15-2-1-8-22-10-15)20(27)25-11-17-18(12-25)23-24-19(17)13-3-5-14(6-4-13)21(28)29/h1-6,8,10,16,26H,7,9,11-12H2,(H,23,24)(H,28,29). The van der Waals surface area contributed by atoms with Crippen LogP contribution in [0.3, 0.4) is 0 Å². The minimum atomic E-state index is -0.981. The van der Waals surface area contributed by atoms with Crippen molar-refractivity contribution in [3.8, 4) is 11.3 Å². The largest absolute Gasteiger partial charge is 0.478 e. The number of hydrogen-bond donors (Lipinski definition) is 3. The predicted molar refractivity (Wildman–Crippen MR) is 104 cm³/mol. The lowest BCUT2D eigenvalue weighted by molar-refractivity contribution is -0.133. The first-order chi connectivity index (χ1) is 14.1. The van der Waals surface area contributed by atoms with Gasteiger partial charge in [-0.3, -0.25) is 14.9 Å². The number of aromatic amines is 1. The van der Waals surface area contributed by atoms with Crippen LogP contribution < -0.4 is 0 Å². The Morgan fingerprint density at radius 1 is 1.17 bits per heavy atom. The van der Waals surface area contributed by atoms with Gasteiger partial charge < -0.3 is 15.1 Å². The number of nitrogens with zero attached hydrogens (tertiary/aromatic N) is 3. The lowest BCUT2D eigenvalue weighted by Crippen LogP contribution is -2.31. The van der Waals surface area contributed by atoms with E-state index in [0.717, 1.165) is 22.4 Å². The molecule has 0 fully saturated rings. The van der Waals surface area contributed by atoms with E-state index in [-0.39, 0.29) is 18.1 Å². The van der Waals surface area contributed by atoms with Crippen LogP contribution in [0.4, 0.5) is 0 Å². The fourth-order valence-electron chi connectivity index (χ4n) is 3.67. The molecule has 0 radical (unpaired) electrons. The lowest BCUT2D eigenvalue weighted by atomic mass is 9.96. The van der Waals surface area contributed by atoms with Gasteiger partial charge in [0.25, 0.3) is 0 Å². The number of carboxylic acids is 1. The van der Waals surface area contributed by atoms with E-state index < -0.39 is 11.9 Å². The van der Waals surface area contributed by atoms with Crippen LogP contribution in [0.2, 0.25) is 0 Å². The fraction of sp³-hybridized carbons (Fsp3) is 0.238. The van der Waals surface area contributed by atoms with Crippen molar-refractivity contribution in [2.75, 3.05) is 6.61 Å². The third-order valence-corrected chi connectivity index (χ3v) is 5.17. The Balaban J connectivity index is 1.56. The molecule has 0 saturated carbocycles. The molecule has 8 heteroatoms. The number of benzene rings is 1. The molecule has 1 atom stereocenters. The summed E-state index contributed by atoms with van der Waals surface area (Å²) < 4.78 is 0. The van der Waals surface area contributed by atoms with Crippen LogP contribution in [-0.4, -0.2) is 48.8 Å². The molecule has 0 bridgehead atoms. The molecule has 148 valence electrons.